The fourth-order valence-corrected chi connectivity index (χ4v) is 2.47. The molecule has 0 bridgehead atoms. The van der Waals surface area contributed by atoms with E-state index in [1.54, 1.807) is 42.5 Å². The summed E-state index contributed by atoms with van der Waals surface area (Å²) >= 11 is 17.7. The topological polar surface area (TPSA) is 66.9 Å². The third-order valence-corrected chi connectivity index (χ3v) is 4.15. The van der Waals surface area contributed by atoms with Gasteiger partial charge in [-0.05, 0) is 36.4 Å². The van der Waals surface area contributed by atoms with Crippen LogP contribution in [0.15, 0.2) is 54.9 Å². The van der Waals surface area contributed by atoms with Crippen molar-refractivity contribution >= 4 is 58.0 Å². The van der Waals surface area contributed by atoms with Gasteiger partial charge in [0.05, 0.1) is 15.6 Å². The highest BCUT2D eigenvalue weighted by Gasteiger charge is 2.08. The van der Waals surface area contributed by atoms with Crippen molar-refractivity contribution in [3.05, 3.63) is 75.5 Å². The van der Waals surface area contributed by atoms with Crippen molar-refractivity contribution in [2.24, 2.45) is 0 Å². The average Bonchev–Trinajstić information content (AvgIpc) is 2.59. The third kappa shape index (κ3) is 4.60. The minimum absolute atomic E-state index is 0.319. The average molecular weight is 394 g/mol. The number of halogens is 3. The van der Waals surface area contributed by atoms with Gasteiger partial charge in [-0.25, -0.2) is 9.97 Å². The maximum Gasteiger partial charge on any atom is 0.258 e. The summed E-state index contributed by atoms with van der Waals surface area (Å²) in [6.45, 7) is 0. The number of nitrogens with zero attached hydrogens (tertiary/aromatic N) is 2. The van der Waals surface area contributed by atoms with Gasteiger partial charge in [-0.15, -0.1) is 0 Å². The van der Waals surface area contributed by atoms with Gasteiger partial charge in [0.25, 0.3) is 5.91 Å². The van der Waals surface area contributed by atoms with E-state index < -0.39 is 0 Å². The Kier molecular flexibility index (Phi) is 5.38. The van der Waals surface area contributed by atoms with Crippen molar-refractivity contribution in [3.8, 4) is 0 Å². The molecule has 1 amide bonds. The third-order valence-electron chi connectivity index (χ3n) is 3.17. The molecule has 0 saturated heterocycles. The standard InChI is InChI=1S/C17H11Cl3N4O/c18-11-2-1-3-12(6-11)23-16(25)10-8-21-17(22-9-10)24-13-4-5-14(19)15(20)7-13/h1-9H,(H,23,25)(H,21,22,24). The van der Waals surface area contributed by atoms with Gasteiger partial charge in [0.1, 0.15) is 0 Å². The van der Waals surface area contributed by atoms with Gasteiger partial charge >= 0.3 is 0 Å². The van der Waals surface area contributed by atoms with Crippen LogP contribution in [0, 0.1) is 0 Å². The smallest absolute Gasteiger partial charge is 0.258 e. The summed E-state index contributed by atoms with van der Waals surface area (Å²) in [7, 11) is 0. The van der Waals surface area contributed by atoms with Crippen LogP contribution in [-0.4, -0.2) is 15.9 Å². The van der Waals surface area contributed by atoms with Gasteiger partial charge in [0, 0.05) is 28.8 Å². The first-order valence-electron chi connectivity index (χ1n) is 7.12. The Hall–Kier alpha value is -2.34. The molecule has 0 fully saturated rings. The number of amides is 1. The molecule has 126 valence electrons. The van der Waals surface area contributed by atoms with Gasteiger partial charge in [-0.3, -0.25) is 4.79 Å². The number of aromatic nitrogens is 2. The van der Waals surface area contributed by atoms with Crippen LogP contribution >= 0.6 is 34.8 Å². The molecule has 0 unspecified atom stereocenters. The Morgan fingerprint density at radius 1 is 0.880 bits per heavy atom. The van der Waals surface area contributed by atoms with Crippen LogP contribution in [0.1, 0.15) is 10.4 Å². The molecular formula is C17H11Cl3N4O. The summed E-state index contributed by atoms with van der Waals surface area (Å²) in [5.74, 6) is 0.000971. The van der Waals surface area contributed by atoms with Gasteiger partial charge in [0.15, 0.2) is 0 Å². The Morgan fingerprint density at radius 3 is 2.32 bits per heavy atom. The quantitative estimate of drug-likeness (QED) is 0.620. The van der Waals surface area contributed by atoms with Crippen LogP contribution in [0.3, 0.4) is 0 Å². The molecule has 8 heteroatoms. The summed E-state index contributed by atoms with van der Waals surface area (Å²) in [5.41, 5.74) is 1.60. The highest BCUT2D eigenvalue weighted by Crippen LogP contribution is 2.26. The summed E-state index contributed by atoms with van der Waals surface area (Å²) in [5, 5.41) is 7.12. The Labute approximate surface area is 159 Å². The molecule has 0 saturated carbocycles. The molecule has 0 aliphatic rings. The molecule has 0 radical (unpaired) electrons. The molecule has 0 aliphatic heterocycles. The lowest BCUT2D eigenvalue weighted by Gasteiger charge is -2.07. The van der Waals surface area contributed by atoms with E-state index in [0.717, 1.165) is 0 Å². The molecule has 1 heterocycles. The lowest BCUT2D eigenvalue weighted by atomic mass is 10.3. The van der Waals surface area contributed by atoms with E-state index in [9.17, 15) is 4.79 Å². The number of anilines is 3. The number of hydrogen-bond donors (Lipinski definition) is 2. The first-order valence-corrected chi connectivity index (χ1v) is 8.26. The normalized spacial score (nSPS) is 10.4. The van der Waals surface area contributed by atoms with E-state index in [1.165, 1.54) is 12.4 Å². The van der Waals surface area contributed by atoms with Gasteiger partial charge in [-0.2, -0.15) is 0 Å². The van der Waals surface area contributed by atoms with E-state index in [-0.39, 0.29) is 5.91 Å². The summed E-state index contributed by atoms with van der Waals surface area (Å²) in [6.07, 6.45) is 2.85. The lowest BCUT2D eigenvalue weighted by Crippen LogP contribution is -2.13. The van der Waals surface area contributed by atoms with Crippen molar-refractivity contribution < 1.29 is 4.79 Å². The second-order valence-corrected chi connectivity index (χ2v) is 6.26. The number of carbonyl (C=O) groups is 1. The monoisotopic (exact) mass is 392 g/mol. The summed E-state index contributed by atoms with van der Waals surface area (Å²) < 4.78 is 0. The Bertz CT molecular complexity index is 916. The number of carbonyl (C=O) groups excluding carboxylic acids is 1. The maximum atomic E-state index is 12.2. The number of rotatable bonds is 4. The zero-order chi connectivity index (χ0) is 17.8. The maximum absolute atomic E-state index is 12.2. The second kappa shape index (κ2) is 7.70. The van der Waals surface area contributed by atoms with Crippen molar-refractivity contribution in [2.45, 2.75) is 0 Å². The van der Waals surface area contributed by atoms with Crippen molar-refractivity contribution in [1.82, 2.24) is 9.97 Å². The molecule has 0 spiro atoms. The fourth-order valence-electron chi connectivity index (χ4n) is 1.98. The van der Waals surface area contributed by atoms with Crippen molar-refractivity contribution in [2.75, 3.05) is 10.6 Å². The van der Waals surface area contributed by atoms with Crippen molar-refractivity contribution in [1.29, 1.82) is 0 Å². The first-order chi connectivity index (χ1) is 12.0. The largest absolute Gasteiger partial charge is 0.324 e. The number of hydrogen-bond acceptors (Lipinski definition) is 4. The SMILES string of the molecule is O=C(Nc1cccc(Cl)c1)c1cnc(Nc2ccc(Cl)c(Cl)c2)nc1. The lowest BCUT2D eigenvalue weighted by molar-refractivity contribution is 0.102. The van der Waals surface area contributed by atoms with Crippen LogP contribution in [0.5, 0.6) is 0 Å². The van der Waals surface area contributed by atoms with E-state index in [1.807, 2.05) is 0 Å². The fraction of sp³-hybridized carbons (Fsp3) is 0. The zero-order valence-corrected chi connectivity index (χ0v) is 14.9. The van der Waals surface area contributed by atoms with E-state index >= 15 is 0 Å². The molecule has 5 nitrogen and oxygen atoms in total. The molecule has 2 N–H and O–H groups in total. The highest BCUT2D eigenvalue weighted by molar-refractivity contribution is 6.42. The molecule has 25 heavy (non-hydrogen) atoms. The predicted molar refractivity (Wildman–Crippen MR) is 101 cm³/mol. The number of benzene rings is 2. The van der Waals surface area contributed by atoms with Crippen LogP contribution in [-0.2, 0) is 0 Å². The molecule has 1 aromatic heterocycles. The second-order valence-electron chi connectivity index (χ2n) is 5.01. The van der Waals surface area contributed by atoms with E-state index in [2.05, 4.69) is 20.6 Å². The molecule has 3 rings (SSSR count). The molecule has 2 aromatic carbocycles. The van der Waals surface area contributed by atoms with Crippen LogP contribution in [0.2, 0.25) is 15.1 Å². The van der Waals surface area contributed by atoms with Gasteiger partial charge < -0.3 is 10.6 Å². The highest BCUT2D eigenvalue weighted by atomic mass is 35.5. The first kappa shape index (κ1) is 17.5. The van der Waals surface area contributed by atoms with Crippen LogP contribution < -0.4 is 10.6 Å². The summed E-state index contributed by atoms with van der Waals surface area (Å²) in [4.78, 5) is 20.4. The minimum atomic E-state index is -0.330. The summed E-state index contributed by atoms with van der Waals surface area (Å²) in [6, 6.07) is 11.9. The zero-order valence-electron chi connectivity index (χ0n) is 12.6. The van der Waals surface area contributed by atoms with E-state index in [4.69, 9.17) is 34.8 Å². The molecule has 3 aromatic rings. The predicted octanol–water partition coefficient (Wildman–Crippen LogP) is 5.43. The number of nitrogens with one attached hydrogen (secondary N) is 2. The Morgan fingerprint density at radius 2 is 1.64 bits per heavy atom. The van der Waals surface area contributed by atoms with Gasteiger partial charge in [-0.1, -0.05) is 40.9 Å². The van der Waals surface area contributed by atoms with Crippen molar-refractivity contribution in [3.63, 3.8) is 0 Å². The molecule has 0 atom stereocenters. The minimum Gasteiger partial charge on any atom is -0.324 e. The van der Waals surface area contributed by atoms with Crippen LogP contribution in [0.25, 0.3) is 0 Å². The molecular weight excluding hydrogens is 383 g/mol. The Balaban J connectivity index is 1.69. The van der Waals surface area contributed by atoms with Gasteiger partial charge in [0.2, 0.25) is 5.95 Å². The van der Waals surface area contributed by atoms with Crippen LogP contribution in [0.4, 0.5) is 17.3 Å². The molecule has 0 aliphatic carbocycles. The van der Waals surface area contributed by atoms with E-state index in [0.29, 0.717) is 38.0 Å².